The first-order valence-electron chi connectivity index (χ1n) is 9.14. The lowest BCUT2D eigenvalue weighted by Crippen LogP contribution is -2.25. The molecular weight excluding hydrogens is 354 g/mol. The smallest absolute Gasteiger partial charge is 0.255 e. The quantitative estimate of drug-likeness (QED) is 0.793. The van der Waals surface area contributed by atoms with Crippen LogP contribution in [-0.4, -0.2) is 24.8 Å². The summed E-state index contributed by atoms with van der Waals surface area (Å²) in [6, 6.07) is 12.3. The van der Waals surface area contributed by atoms with Crippen LogP contribution in [0.3, 0.4) is 0 Å². The molecule has 1 aliphatic rings. The molecule has 0 aliphatic carbocycles. The Hall–Kier alpha value is -3.41. The lowest BCUT2D eigenvalue weighted by Gasteiger charge is -2.20. The Morgan fingerprint density at radius 3 is 2.64 bits per heavy atom. The summed E-state index contributed by atoms with van der Waals surface area (Å²) in [5.74, 6) is -0.296. The third-order valence-corrected chi connectivity index (χ3v) is 4.92. The summed E-state index contributed by atoms with van der Waals surface area (Å²) in [6.45, 7) is 5.50. The summed E-state index contributed by atoms with van der Waals surface area (Å²) < 4.78 is 0. The van der Waals surface area contributed by atoms with E-state index >= 15 is 0 Å². The van der Waals surface area contributed by atoms with Crippen molar-refractivity contribution in [1.29, 1.82) is 0 Å². The van der Waals surface area contributed by atoms with Crippen molar-refractivity contribution in [2.75, 3.05) is 22.6 Å². The van der Waals surface area contributed by atoms with E-state index in [1.807, 2.05) is 12.1 Å². The zero-order valence-corrected chi connectivity index (χ0v) is 16.0. The number of nitrogens with zero attached hydrogens (tertiary/aromatic N) is 1. The fourth-order valence-corrected chi connectivity index (χ4v) is 3.26. The first-order valence-corrected chi connectivity index (χ1v) is 9.14. The van der Waals surface area contributed by atoms with Gasteiger partial charge in [-0.15, -0.1) is 0 Å². The minimum atomic E-state index is -0.337. The molecule has 28 heavy (non-hydrogen) atoms. The summed E-state index contributed by atoms with van der Waals surface area (Å²) in [5, 5.41) is 5.53. The zero-order chi connectivity index (χ0) is 20.3. The molecule has 3 rings (SSSR count). The number of nitrogens with one attached hydrogen (secondary N) is 2. The van der Waals surface area contributed by atoms with Crippen LogP contribution in [0.4, 0.5) is 17.1 Å². The van der Waals surface area contributed by atoms with Crippen molar-refractivity contribution in [3.8, 4) is 0 Å². The molecule has 1 aliphatic heterocycles. The topological polar surface area (TPSA) is 78.5 Å². The highest BCUT2D eigenvalue weighted by molar-refractivity contribution is 6.06. The maximum atomic E-state index is 12.6. The second kappa shape index (κ2) is 8.08. The van der Waals surface area contributed by atoms with Crippen molar-refractivity contribution in [1.82, 2.24) is 0 Å². The molecule has 144 valence electrons. The molecule has 2 N–H and O–H groups in total. The molecule has 1 heterocycles. The van der Waals surface area contributed by atoms with E-state index in [2.05, 4.69) is 24.1 Å². The molecule has 2 aromatic carbocycles. The van der Waals surface area contributed by atoms with Crippen LogP contribution in [-0.2, 0) is 9.59 Å². The molecule has 0 bridgehead atoms. The highest BCUT2D eigenvalue weighted by Crippen LogP contribution is 2.35. The molecule has 0 fully saturated rings. The van der Waals surface area contributed by atoms with Crippen LogP contribution in [0.2, 0.25) is 0 Å². The van der Waals surface area contributed by atoms with Gasteiger partial charge in [-0.3, -0.25) is 14.4 Å². The Bertz CT molecular complexity index is 952. The minimum Gasteiger partial charge on any atom is -0.323 e. The number of anilines is 3. The van der Waals surface area contributed by atoms with E-state index in [0.717, 1.165) is 17.7 Å². The average molecular weight is 377 g/mol. The first kappa shape index (κ1) is 19.4. The van der Waals surface area contributed by atoms with Gasteiger partial charge in [0.05, 0.1) is 0 Å². The van der Waals surface area contributed by atoms with Crippen molar-refractivity contribution >= 4 is 34.8 Å². The standard InChI is InChI=1S/C22H23N3O3/c1-4-20(26)23-16-7-5-6-15(12-16)22(28)24-17-9-10-19-18(13-17)14(2)8-11-21(27)25(19)3/h4-7,9-10,12-14H,1,8,11H2,2-3H3,(H,23,26)(H,24,28). The predicted octanol–water partition coefficient (Wildman–Crippen LogP) is 3.92. The summed E-state index contributed by atoms with van der Waals surface area (Å²) in [5.41, 5.74) is 3.53. The number of fused-ring (bicyclic) bond motifs is 1. The van der Waals surface area contributed by atoms with Gasteiger partial charge in [0.15, 0.2) is 0 Å². The van der Waals surface area contributed by atoms with Gasteiger partial charge >= 0.3 is 0 Å². The van der Waals surface area contributed by atoms with E-state index in [-0.39, 0.29) is 23.6 Å². The van der Waals surface area contributed by atoms with Gasteiger partial charge < -0.3 is 15.5 Å². The van der Waals surface area contributed by atoms with Crippen LogP contribution in [0.1, 0.15) is 41.6 Å². The second-order valence-electron chi connectivity index (χ2n) is 6.89. The monoisotopic (exact) mass is 377 g/mol. The van der Waals surface area contributed by atoms with Gasteiger partial charge in [-0.2, -0.15) is 0 Å². The number of rotatable bonds is 4. The molecule has 0 radical (unpaired) electrons. The van der Waals surface area contributed by atoms with E-state index in [9.17, 15) is 14.4 Å². The Balaban J connectivity index is 1.82. The fourth-order valence-electron chi connectivity index (χ4n) is 3.26. The molecule has 3 amide bonds. The summed E-state index contributed by atoms with van der Waals surface area (Å²) >= 11 is 0. The molecule has 1 unspecified atom stereocenters. The lowest BCUT2D eigenvalue weighted by atomic mass is 9.95. The van der Waals surface area contributed by atoms with Gasteiger partial charge in [0.1, 0.15) is 0 Å². The summed E-state index contributed by atoms with van der Waals surface area (Å²) in [6.07, 6.45) is 2.46. The first-order chi connectivity index (χ1) is 13.4. The van der Waals surface area contributed by atoms with Gasteiger partial charge in [-0.05, 0) is 60.4 Å². The van der Waals surface area contributed by atoms with Crippen molar-refractivity contribution in [2.24, 2.45) is 0 Å². The normalized spacial score (nSPS) is 16.0. The van der Waals surface area contributed by atoms with Crippen LogP contribution in [0.5, 0.6) is 0 Å². The molecule has 0 saturated carbocycles. The fraction of sp³-hybridized carbons (Fsp3) is 0.227. The third-order valence-electron chi connectivity index (χ3n) is 4.92. The third kappa shape index (κ3) is 4.11. The largest absolute Gasteiger partial charge is 0.323 e. The maximum Gasteiger partial charge on any atom is 0.255 e. The van der Waals surface area contributed by atoms with Crippen LogP contribution >= 0.6 is 0 Å². The number of carbonyl (C=O) groups is 3. The Morgan fingerprint density at radius 1 is 1.14 bits per heavy atom. The van der Waals surface area contributed by atoms with Crippen molar-refractivity contribution < 1.29 is 14.4 Å². The van der Waals surface area contributed by atoms with E-state index in [0.29, 0.717) is 23.4 Å². The van der Waals surface area contributed by atoms with E-state index in [1.165, 1.54) is 6.08 Å². The maximum absolute atomic E-state index is 12.6. The molecule has 1 atom stereocenters. The van der Waals surface area contributed by atoms with Crippen LogP contribution in [0.15, 0.2) is 55.1 Å². The number of amides is 3. The summed E-state index contributed by atoms with van der Waals surface area (Å²) in [4.78, 5) is 37.9. The summed E-state index contributed by atoms with van der Waals surface area (Å²) in [7, 11) is 1.78. The molecule has 0 spiro atoms. The average Bonchev–Trinajstić information content (AvgIpc) is 2.80. The van der Waals surface area contributed by atoms with Gasteiger partial charge in [-0.25, -0.2) is 0 Å². The van der Waals surface area contributed by atoms with Gasteiger partial charge in [0, 0.05) is 36.1 Å². The van der Waals surface area contributed by atoms with Crippen molar-refractivity contribution in [3.63, 3.8) is 0 Å². The number of hydrogen-bond acceptors (Lipinski definition) is 3. The van der Waals surface area contributed by atoms with E-state index in [4.69, 9.17) is 0 Å². The molecule has 0 saturated heterocycles. The molecule has 2 aromatic rings. The second-order valence-corrected chi connectivity index (χ2v) is 6.89. The molecule has 6 heteroatoms. The van der Waals surface area contributed by atoms with Crippen LogP contribution < -0.4 is 15.5 Å². The van der Waals surface area contributed by atoms with Crippen molar-refractivity contribution in [3.05, 3.63) is 66.2 Å². The van der Waals surface area contributed by atoms with E-state index in [1.54, 1.807) is 42.3 Å². The van der Waals surface area contributed by atoms with Gasteiger partial charge in [-0.1, -0.05) is 19.6 Å². The number of hydrogen-bond donors (Lipinski definition) is 2. The Morgan fingerprint density at radius 2 is 1.89 bits per heavy atom. The number of benzene rings is 2. The van der Waals surface area contributed by atoms with Crippen LogP contribution in [0, 0.1) is 0 Å². The predicted molar refractivity (Wildman–Crippen MR) is 111 cm³/mol. The molecular formula is C22H23N3O3. The highest BCUT2D eigenvalue weighted by Gasteiger charge is 2.23. The van der Waals surface area contributed by atoms with Crippen LogP contribution in [0.25, 0.3) is 0 Å². The minimum absolute atomic E-state index is 0.0979. The Kier molecular flexibility index (Phi) is 5.59. The highest BCUT2D eigenvalue weighted by atomic mass is 16.2. The number of carbonyl (C=O) groups excluding carboxylic acids is 3. The van der Waals surface area contributed by atoms with Gasteiger partial charge in [0.25, 0.3) is 5.91 Å². The SMILES string of the molecule is C=CC(=O)Nc1cccc(C(=O)Nc2ccc3c(c2)C(C)CCC(=O)N3C)c1. The van der Waals surface area contributed by atoms with Gasteiger partial charge in [0.2, 0.25) is 11.8 Å². The molecule has 0 aromatic heterocycles. The van der Waals surface area contributed by atoms with E-state index < -0.39 is 0 Å². The Labute approximate surface area is 164 Å². The molecule has 6 nitrogen and oxygen atoms in total. The zero-order valence-electron chi connectivity index (χ0n) is 16.0. The lowest BCUT2D eigenvalue weighted by molar-refractivity contribution is -0.118. The van der Waals surface area contributed by atoms with Crippen molar-refractivity contribution in [2.45, 2.75) is 25.7 Å².